The Morgan fingerprint density at radius 3 is 1.91 bits per heavy atom. The van der Waals surface area contributed by atoms with Crippen LogP contribution >= 0.6 is 0 Å². The van der Waals surface area contributed by atoms with Gasteiger partial charge < -0.3 is 24.4 Å². The molecule has 9 nitrogen and oxygen atoms in total. The molecule has 0 aliphatic heterocycles. The molecule has 0 saturated carbocycles. The minimum atomic E-state index is -1.67. The maximum absolute atomic E-state index is 14.5. The minimum Gasteiger partial charge on any atom is -0.458 e. The van der Waals surface area contributed by atoms with Crippen molar-refractivity contribution in [1.29, 1.82) is 0 Å². The number of amides is 1. The Labute approximate surface area is 279 Å². The molecule has 47 heavy (non-hydrogen) atoms. The van der Waals surface area contributed by atoms with Gasteiger partial charge in [-0.15, -0.1) is 0 Å². The van der Waals surface area contributed by atoms with Crippen LogP contribution in [0.25, 0.3) is 0 Å². The highest BCUT2D eigenvalue weighted by Crippen LogP contribution is 2.26. The van der Waals surface area contributed by atoms with E-state index < -0.39 is 59.2 Å². The zero-order chi connectivity index (χ0) is 35.5. The predicted octanol–water partition coefficient (Wildman–Crippen LogP) is 5.93. The largest absolute Gasteiger partial charge is 0.458 e. The van der Waals surface area contributed by atoms with Crippen molar-refractivity contribution < 1.29 is 37.8 Å². The number of ether oxygens (including phenoxy) is 3. The van der Waals surface area contributed by atoms with Crippen molar-refractivity contribution in [3.63, 3.8) is 0 Å². The van der Waals surface area contributed by atoms with Crippen LogP contribution in [0.3, 0.4) is 0 Å². The van der Waals surface area contributed by atoms with Gasteiger partial charge in [-0.25, -0.2) is 14.0 Å². The lowest BCUT2D eigenvalue weighted by Crippen LogP contribution is -2.52. The van der Waals surface area contributed by atoms with Crippen LogP contribution < -0.4 is 5.32 Å². The van der Waals surface area contributed by atoms with Crippen molar-refractivity contribution in [3.05, 3.63) is 71.3 Å². The van der Waals surface area contributed by atoms with Gasteiger partial charge in [-0.3, -0.25) is 9.59 Å². The van der Waals surface area contributed by atoms with E-state index in [1.165, 1.54) is 39.8 Å². The molecule has 260 valence electrons. The third kappa shape index (κ3) is 13.5. The van der Waals surface area contributed by atoms with Crippen LogP contribution in [-0.4, -0.2) is 72.8 Å². The summed E-state index contributed by atoms with van der Waals surface area (Å²) in [5, 5.41) is 2.78. The maximum Gasteiger partial charge on any atom is 0.347 e. The molecule has 1 amide bonds. The fraction of sp³-hybridized carbons (Fsp3) is 0.568. The number of carbonyl (C=O) groups is 4. The molecule has 0 fully saturated rings. The molecule has 0 saturated heterocycles. The van der Waals surface area contributed by atoms with E-state index in [0.29, 0.717) is 5.92 Å². The van der Waals surface area contributed by atoms with Gasteiger partial charge in [0.1, 0.15) is 24.4 Å². The second-order valence-corrected chi connectivity index (χ2v) is 14.2. The third-order valence-electron chi connectivity index (χ3n) is 7.67. The Bertz CT molecular complexity index is 1320. The van der Waals surface area contributed by atoms with Crippen LogP contribution in [0, 0.1) is 5.41 Å². The minimum absolute atomic E-state index is 0.0176. The second-order valence-electron chi connectivity index (χ2n) is 14.2. The fourth-order valence-corrected chi connectivity index (χ4v) is 4.93. The van der Waals surface area contributed by atoms with E-state index in [9.17, 15) is 23.6 Å². The van der Waals surface area contributed by atoms with E-state index in [4.69, 9.17) is 14.2 Å². The van der Waals surface area contributed by atoms with Crippen molar-refractivity contribution in [2.45, 2.75) is 117 Å². The Balaban J connectivity index is 2.33. The molecule has 4 atom stereocenters. The van der Waals surface area contributed by atoms with Crippen LogP contribution in [0.15, 0.2) is 54.6 Å². The fourth-order valence-electron chi connectivity index (χ4n) is 4.93. The summed E-state index contributed by atoms with van der Waals surface area (Å²) in [6, 6.07) is 14.6. The van der Waals surface area contributed by atoms with E-state index in [2.05, 4.69) is 19.2 Å². The number of nitrogens with zero attached hydrogens (tertiary/aromatic N) is 1. The van der Waals surface area contributed by atoms with E-state index >= 15 is 0 Å². The van der Waals surface area contributed by atoms with E-state index in [-0.39, 0.29) is 25.9 Å². The van der Waals surface area contributed by atoms with Crippen molar-refractivity contribution >= 4 is 23.8 Å². The highest BCUT2D eigenvalue weighted by Gasteiger charge is 2.39. The Morgan fingerprint density at radius 2 is 1.40 bits per heavy atom. The van der Waals surface area contributed by atoms with Gasteiger partial charge in [0.25, 0.3) is 5.91 Å². The van der Waals surface area contributed by atoms with E-state index in [0.717, 1.165) is 16.7 Å². The van der Waals surface area contributed by atoms with Crippen molar-refractivity contribution in [2.24, 2.45) is 5.41 Å². The number of hydrogen-bond donors (Lipinski definition) is 1. The third-order valence-corrected chi connectivity index (χ3v) is 7.67. The number of hydrogen-bond acceptors (Lipinski definition) is 8. The number of nitrogens with one attached hydrogen (secondary N) is 1. The number of rotatable bonds is 16. The molecule has 0 bridgehead atoms. The summed E-state index contributed by atoms with van der Waals surface area (Å²) in [5.74, 6) is -2.64. The van der Waals surface area contributed by atoms with Crippen LogP contribution in [-0.2, 0) is 46.4 Å². The monoisotopic (exact) mass is 656 g/mol. The van der Waals surface area contributed by atoms with Gasteiger partial charge in [0.2, 0.25) is 0 Å². The number of benzene rings is 2. The SMILES string of the molecule is CN[C@@H](CC(C)(C)F)C(=O)O[C@H](Cc1ccc(C(C)C)cc1)C(=O)N(C)[C@@H](CC(C)(C)C)C(=O)O[C@H](C)C(=O)OCc1ccccc1. The molecule has 2 aromatic rings. The lowest BCUT2D eigenvalue weighted by Gasteiger charge is -2.34. The molecule has 0 radical (unpaired) electrons. The summed E-state index contributed by atoms with van der Waals surface area (Å²) >= 11 is 0. The van der Waals surface area contributed by atoms with Gasteiger partial charge in [0.15, 0.2) is 12.2 Å². The number of esters is 3. The molecule has 0 spiro atoms. The van der Waals surface area contributed by atoms with Gasteiger partial charge >= 0.3 is 17.9 Å². The summed E-state index contributed by atoms with van der Waals surface area (Å²) in [4.78, 5) is 54.9. The van der Waals surface area contributed by atoms with Crippen LogP contribution in [0.4, 0.5) is 4.39 Å². The number of likely N-dealkylation sites (N-methyl/N-ethyl adjacent to an activating group) is 2. The molecule has 0 aromatic heterocycles. The summed E-state index contributed by atoms with van der Waals surface area (Å²) in [7, 11) is 2.97. The quantitative estimate of drug-likeness (QED) is 0.175. The van der Waals surface area contributed by atoms with E-state index in [1.54, 1.807) is 0 Å². The smallest absolute Gasteiger partial charge is 0.347 e. The first-order valence-corrected chi connectivity index (χ1v) is 16.1. The summed E-state index contributed by atoms with van der Waals surface area (Å²) in [5.41, 5.74) is 0.528. The Hall–Kier alpha value is -3.79. The summed E-state index contributed by atoms with van der Waals surface area (Å²) in [6.07, 6.45) is -2.49. The molecular weight excluding hydrogens is 603 g/mol. The zero-order valence-electron chi connectivity index (χ0n) is 29.6. The number of carbonyl (C=O) groups excluding carboxylic acids is 4. The molecule has 0 unspecified atom stereocenters. The van der Waals surface area contributed by atoms with Gasteiger partial charge in [0, 0.05) is 19.9 Å². The van der Waals surface area contributed by atoms with Crippen molar-refractivity contribution in [3.8, 4) is 0 Å². The highest BCUT2D eigenvalue weighted by atomic mass is 19.1. The maximum atomic E-state index is 14.5. The zero-order valence-corrected chi connectivity index (χ0v) is 29.6. The first-order valence-electron chi connectivity index (χ1n) is 16.1. The first kappa shape index (κ1) is 39.4. The molecule has 0 heterocycles. The predicted molar refractivity (Wildman–Crippen MR) is 179 cm³/mol. The highest BCUT2D eigenvalue weighted by molar-refractivity contribution is 5.90. The van der Waals surface area contributed by atoms with Gasteiger partial charge in [-0.05, 0) is 62.3 Å². The number of alkyl halides is 1. The average Bonchev–Trinajstić information content (AvgIpc) is 2.99. The van der Waals surface area contributed by atoms with Crippen LogP contribution in [0.2, 0.25) is 0 Å². The molecule has 2 aromatic carbocycles. The van der Waals surface area contributed by atoms with Gasteiger partial charge in [-0.2, -0.15) is 0 Å². The molecule has 2 rings (SSSR count). The first-order chi connectivity index (χ1) is 21.8. The Kier molecular flexibility index (Phi) is 14.6. The molecular formula is C37H53FN2O7. The average molecular weight is 657 g/mol. The Morgan fingerprint density at radius 1 is 0.809 bits per heavy atom. The number of halogens is 1. The van der Waals surface area contributed by atoms with Gasteiger partial charge in [-0.1, -0.05) is 89.2 Å². The van der Waals surface area contributed by atoms with Crippen LogP contribution in [0.1, 0.15) is 90.8 Å². The molecule has 1 N–H and O–H groups in total. The summed E-state index contributed by atoms with van der Waals surface area (Å²) in [6.45, 7) is 14.0. The standard InChI is InChI=1S/C37H53FN2O7/c1-24(2)28-18-16-26(17-19-28)20-31(47-34(43)29(39-9)21-37(7,8)38)32(41)40(10)30(22-36(4,5)6)35(44)46-25(3)33(42)45-23-27-14-12-11-13-15-27/h11-19,24-25,29-31,39H,20-23H2,1-10H3/t25-,29+,30+,31-/m1/s1. The molecule has 10 heteroatoms. The summed E-state index contributed by atoms with van der Waals surface area (Å²) < 4.78 is 31.2. The van der Waals surface area contributed by atoms with E-state index in [1.807, 2.05) is 75.4 Å². The normalized spacial score (nSPS) is 14.5. The topological polar surface area (TPSA) is 111 Å². The molecule has 0 aliphatic rings. The lowest BCUT2D eigenvalue weighted by atomic mass is 9.87. The van der Waals surface area contributed by atoms with Gasteiger partial charge in [0.05, 0.1) is 0 Å². The van der Waals surface area contributed by atoms with Crippen molar-refractivity contribution in [1.82, 2.24) is 10.2 Å². The molecule has 0 aliphatic carbocycles. The van der Waals surface area contributed by atoms with Crippen molar-refractivity contribution in [2.75, 3.05) is 14.1 Å². The lowest BCUT2D eigenvalue weighted by molar-refractivity contribution is -0.174. The van der Waals surface area contributed by atoms with Crippen LogP contribution in [0.5, 0.6) is 0 Å². The second kappa shape index (κ2) is 17.4.